The molecule has 25 heavy (non-hydrogen) atoms. The summed E-state index contributed by atoms with van der Waals surface area (Å²) in [7, 11) is 2.16. The number of benzene rings is 2. The van der Waals surface area contributed by atoms with Crippen molar-refractivity contribution in [3.05, 3.63) is 65.7 Å². The molecule has 2 aliphatic rings. The molecule has 1 atom stereocenters. The zero-order valence-corrected chi connectivity index (χ0v) is 14.6. The number of para-hydroxylation sites is 1. The Morgan fingerprint density at radius 3 is 2.84 bits per heavy atom. The fraction of sp³-hybridized carbons (Fsp3) is 0.350. The summed E-state index contributed by atoms with van der Waals surface area (Å²) in [4.78, 5) is 4.68. The molecule has 1 N–H and O–H groups in total. The third-order valence-corrected chi connectivity index (χ3v) is 4.77. The molecule has 2 aromatic rings. The molecule has 5 heteroatoms. The number of rotatable bonds is 5. The van der Waals surface area contributed by atoms with Crippen molar-refractivity contribution < 1.29 is 4.74 Å². The molecule has 0 spiro atoms. The molecule has 0 saturated heterocycles. The van der Waals surface area contributed by atoms with Gasteiger partial charge < -0.3 is 14.5 Å². The van der Waals surface area contributed by atoms with Gasteiger partial charge in [0.1, 0.15) is 24.4 Å². The summed E-state index contributed by atoms with van der Waals surface area (Å²) in [5, 5.41) is 4.61. The van der Waals surface area contributed by atoms with Gasteiger partial charge in [0.25, 0.3) is 0 Å². The van der Waals surface area contributed by atoms with Crippen molar-refractivity contribution >= 4 is 5.84 Å². The molecule has 0 aliphatic carbocycles. The number of ether oxygens (including phenoxy) is 1. The van der Waals surface area contributed by atoms with Gasteiger partial charge in [-0.05, 0) is 18.7 Å². The normalized spacial score (nSPS) is 18.7. The lowest BCUT2D eigenvalue weighted by Gasteiger charge is -2.25. The zero-order chi connectivity index (χ0) is 17.1. The molecule has 5 nitrogen and oxygen atoms in total. The lowest BCUT2D eigenvalue weighted by atomic mass is 10.1. The minimum atomic E-state index is 0.0909. The molecule has 2 heterocycles. The van der Waals surface area contributed by atoms with Crippen molar-refractivity contribution in [3.63, 3.8) is 0 Å². The van der Waals surface area contributed by atoms with Crippen molar-refractivity contribution in [2.45, 2.75) is 19.1 Å². The van der Waals surface area contributed by atoms with E-state index >= 15 is 0 Å². The van der Waals surface area contributed by atoms with Crippen molar-refractivity contribution in [2.24, 2.45) is 5.10 Å². The molecule has 2 aliphatic heterocycles. The first-order valence-corrected chi connectivity index (χ1v) is 8.84. The molecule has 4 rings (SSSR count). The quantitative estimate of drug-likeness (QED) is 0.911. The molecule has 0 saturated carbocycles. The average molecular weight is 336 g/mol. The Hall–Kier alpha value is -2.53. The summed E-state index contributed by atoms with van der Waals surface area (Å²) >= 11 is 0. The van der Waals surface area contributed by atoms with Crippen LogP contribution in [-0.4, -0.2) is 42.4 Å². The van der Waals surface area contributed by atoms with E-state index in [0.717, 1.165) is 43.2 Å². The Labute approximate surface area is 148 Å². The molecule has 0 fully saturated rings. The summed E-state index contributed by atoms with van der Waals surface area (Å²) in [5.74, 6) is 2.07. The van der Waals surface area contributed by atoms with E-state index in [-0.39, 0.29) is 6.17 Å². The third-order valence-electron chi connectivity index (χ3n) is 4.77. The number of nitrogens with zero attached hydrogens (tertiary/aromatic N) is 3. The van der Waals surface area contributed by atoms with Crippen LogP contribution in [0.4, 0.5) is 0 Å². The Bertz CT molecular complexity index is 746. The van der Waals surface area contributed by atoms with Crippen LogP contribution in [0, 0.1) is 0 Å². The van der Waals surface area contributed by atoms with Crippen LogP contribution in [0.2, 0.25) is 0 Å². The smallest absolute Gasteiger partial charge is 0.146 e. The second-order valence-electron chi connectivity index (χ2n) is 6.61. The van der Waals surface area contributed by atoms with Gasteiger partial charge in [-0.3, -0.25) is 5.43 Å². The number of nitrogens with one attached hydrogen (secondary N) is 1. The van der Waals surface area contributed by atoms with Gasteiger partial charge >= 0.3 is 0 Å². The maximum Gasteiger partial charge on any atom is 0.146 e. The molecule has 1 unspecified atom stereocenters. The Kier molecular flexibility index (Phi) is 4.57. The summed E-state index contributed by atoms with van der Waals surface area (Å²) in [6.45, 7) is 3.47. The van der Waals surface area contributed by atoms with E-state index in [1.165, 1.54) is 5.56 Å². The molecular weight excluding hydrogens is 312 g/mol. The topological polar surface area (TPSA) is 40.1 Å². The second kappa shape index (κ2) is 7.15. The predicted molar refractivity (Wildman–Crippen MR) is 99.3 cm³/mol. The van der Waals surface area contributed by atoms with Crippen LogP contribution in [0.15, 0.2) is 59.7 Å². The van der Waals surface area contributed by atoms with Crippen LogP contribution in [0.5, 0.6) is 5.75 Å². The molecule has 2 aromatic carbocycles. The first-order chi connectivity index (χ1) is 12.3. The van der Waals surface area contributed by atoms with Crippen molar-refractivity contribution in [1.29, 1.82) is 0 Å². The summed E-state index contributed by atoms with van der Waals surface area (Å²) in [6, 6.07) is 18.8. The third kappa shape index (κ3) is 3.46. The lowest BCUT2D eigenvalue weighted by molar-refractivity contribution is 0.259. The second-order valence-corrected chi connectivity index (χ2v) is 6.61. The summed E-state index contributed by atoms with van der Waals surface area (Å²) < 4.78 is 5.89. The predicted octanol–water partition coefficient (Wildman–Crippen LogP) is 2.82. The molecule has 0 amide bonds. The van der Waals surface area contributed by atoms with Gasteiger partial charge in [-0.25, -0.2) is 0 Å². The number of amidine groups is 1. The highest BCUT2D eigenvalue weighted by atomic mass is 16.5. The van der Waals surface area contributed by atoms with E-state index in [4.69, 9.17) is 4.74 Å². The fourth-order valence-electron chi connectivity index (χ4n) is 3.47. The number of hydrazone groups is 1. The van der Waals surface area contributed by atoms with Crippen LogP contribution >= 0.6 is 0 Å². The van der Waals surface area contributed by atoms with Gasteiger partial charge in [-0.15, -0.1) is 0 Å². The van der Waals surface area contributed by atoms with Gasteiger partial charge in [-0.1, -0.05) is 48.5 Å². The standard InChI is InChI=1S/C20H24N4O/c1-23(15-16-7-3-2-4-8-16)12-11-19-21-22-20-17-9-5-6-10-18(17)25-14-13-24(19)20/h2-10,20,22H,11-15H2,1H3. The van der Waals surface area contributed by atoms with E-state index in [2.05, 4.69) is 69.8 Å². The monoisotopic (exact) mass is 336 g/mol. The van der Waals surface area contributed by atoms with E-state index in [1.54, 1.807) is 0 Å². The maximum atomic E-state index is 5.89. The van der Waals surface area contributed by atoms with E-state index in [1.807, 2.05) is 12.1 Å². The SMILES string of the molecule is CN(CCC1=NNC2c3ccccc3OCCN12)Cc1ccccc1. The number of fused-ring (bicyclic) bond motifs is 3. The van der Waals surface area contributed by atoms with Crippen LogP contribution in [0.1, 0.15) is 23.7 Å². The Morgan fingerprint density at radius 1 is 1.16 bits per heavy atom. The molecule has 130 valence electrons. The van der Waals surface area contributed by atoms with Gasteiger partial charge in [0, 0.05) is 25.1 Å². The Morgan fingerprint density at radius 2 is 1.96 bits per heavy atom. The fourth-order valence-corrected chi connectivity index (χ4v) is 3.47. The maximum absolute atomic E-state index is 5.89. The minimum absolute atomic E-state index is 0.0909. The van der Waals surface area contributed by atoms with Gasteiger partial charge in [0.15, 0.2) is 0 Å². The highest BCUT2D eigenvalue weighted by Gasteiger charge is 2.32. The highest BCUT2D eigenvalue weighted by molar-refractivity contribution is 5.84. The summed E-state index contributed by atoms with van der Waals surface area (Å²) in [6.07, 6.45) is 1.02. The minimum Gasteiger partial charge on any atom is -0.491 e. The van der Waals surface area contributed by atoms with Crippen LogP contribution in [0.25, 0.3) is 0 Å². The number of hydrogen-bond donors (Lipinski definition) is 1. The van der Waals surface area contributed by atoms with E-state index < -0.39 is 0 Å². The van der Waals surface area contributed by atoms with E-state index in [9.17, 15) is 0 Å². The number of hydrogen-bond acceptors (Lipinski definition) is 5. The molecule has 0 radical (unpaired) electrons. The van der Waals surface area contributed by atoms with Gasteiger partial charge in [-0.2, -0.15) is 5.10 Å². The van der Waals surface area contributed by atoms with Crippen LogP contribution in [-0.2, 0) is 6.54 Å². The van der Waals surface area contributed by atoms with Crippen LogP contribution < -0.4 is 10.2 Å². The van der Waals surface area contributed by atoms with Gasteiger partial charge in [0.2, 0.25) is 0 Å². The zero-order valence-electron chi connectivity index (χ0n) is 14.6. The molecular formula is C20H24N4O. The molecule has 0 aromatic heterocycles. The van der Waals surface area contributed by atoms with Gasteiger partial charge in [0.05, 0.1) is 6.54 Å². The summed E-state index contributed by atoms with van der Waals surface area (Å²) in [5.41, 5.74) is 5.80. The first kappa shape index (κ1) is 16.0. The van der Waals surface area contributed by atoms with Crippen LogP contribution in [0.3, 0.4) is 0 Å². The van der Waals surface area contributed by atoms with E-state index in [0.29, 0.717) is 6.61 Å². The van der Waals surface area contributed by atoms with Crippen molar-refractivity contribution in [1.82, 2.24) is 15.2 Å². The van der Waals surface area contributed by atoms with Crippen molar-refractivity contribution in [3.8, 4) is 5.75 Å². The van der Waals surface area contributed by atoms with Crippen molar-refractivity contribution in [2.75, 3.05) is 26.7 Å². The highest BCUT2D eigenvalue weighted by Crippen LogP contribution is 2.33. The lowest BCUT2D eigenvalue weighted by Crippen LogP contribution is -2.36. The Balaban J connectivity index is 1.38. The molecule has 0 bridgehead atoms. The largest absolute Gasteiger partial charge is 0.491 e. The average Bonchev–Trinajstić information content (AvgIpc) is 2.94. The first-order valence-electron chi connectivity index (χ1n) is 8.84.